The molecular formula is C20H27IOSi. The molecule has 0 aliphatic rings. The van der Waals surface area contributed by atoms with Gasteiger partial charge in [-0.15, -0.1) is 0 Å². The SMILES string of the molecule is Cc1ccc(I)cc1Cc1ccc(OCC(C)(C)[SiH](C)C)cc1. The smallest absolute Gasteiger partial charge is 0.119 e. The molecule has 0 atom stereocenters. The normalized spacial score (nSPS) is 11.8. The van der Waals surface area contributed by atoms with Crippen LogP contribution in [0.25, 0.3) is 0 Å². The molecule has 1 nitrogen and oxygen atoms in total. The van der Waals surface area contributed by atoms with Gasteiger partial charge in [0.1, 0.15) is 5.75 Å². The minimum absolute atomic E-state index is 0.330. The Morgan fingerprint density at radius 3 is 2.30 bits per heavy atom. The molecule has 0 aliphatic carbocycles. The lowest BCUT2D eigenvalue weighted by Crippen LogP contribution is -2.27. The summed E-state index contributed by atoms with van der Waals surface area (Å²) in [5, 5.41) is 0.330. The third-order valence-electron chi connectivity index (χ3n) is 4.80. The molecule has 2 rings (SSSR count). The van der Waals surface area contributed by atoms with E-state index in [1.165, 1.54) is 20.3 Å². The summed E-state index contributed by atoms with van der Waals surface area (Å²) in [6.45, 7) is 12.4. The fraction of sp³-hybridized carbons (Fsp3) is 0.400. The average molecular weight is 438 g/mol. The fourth-order valence-corrected chi connectivity index (χ4v) is 3.16. The molecule has 2 aromatic rings. The molecule has 0 amide bonds. The van der Waals surface area contributed by atoms with Gasteiger partial charge < -0.3 is 4.74 Å². The third-order valence-corrected chi connectivity index (χ3v) is 8.77. The van der Waals surface area contributed by atoms with E-state index < -0.39 is 8.80 Å². The van der Waals surface area contributed by atoms with Crippen molar-refractivity contribution in [3.8, 4) is 5.75 Å². The highest BCUT2D eigenvalue weighted by Gasteiger charge is 2.24. The predicted molar refractivity (Wildman–Crippen MR) is 112 cm³/mol. The molecule has 0 radical (unpaired) electrons. The van der Waals surface area contributed by atoms with E-state index in [9.17, 15) is 0 Å². The number of rotatable bonds is 6. The molecule has 0 heterocycles. The molecule has 2 aromatic carbocycles. The number of hydrogen-bond donors (Lipinski definition) is 0. The van der Waals surface area contributed by atoms with E-state index >= 15 is 0 Å². The van der Waals surface area contributed by atoms with Crippen LogP contribution in [0.1, 0.15) is 30.5 Å². The second-order valence-electron chi connectivity index (χ2n) is 7.32. The first kappa shape index (κ1) is 18.5. The topological polar surface area (TPSA) is 9.23 Å². The highest BCUT2D eigenvalue weighted by Crippen LogP contribution is 2.29. The Bertz CT molecular complexity index is 647. The van der Waals surface area contributed by atoms with E-state index in [0.717, 1.165) is 18.8 Å². The molecule has 124 valence electrons. The van der Waals surface area contributed by atoms with Crippen LogP contribution in [0.15, 0.2) is 42.5 Å². The number of ether oxygens (including phenoxy) is 1. The van der Waals surface area contributed by atoms with Crippen molar-refractivity contribution in [3.05, 3.63) is 62.7 Å². The van der Waals surface area contributed by atoms with Gasteiger partial charge in [-0.2, -0.15) is 0 Å². The first-order valence-corrected chi connectivity index (χ1v) is 12.2. The van der Waals surface area contributed by atoms with Crippen LogP contribution in [0.5, 0.6) is 5.75 Å². The van der Waals surface area contributed by atoms with Gasteiger partial charge in [-0.05, 0) is 81.9 Å². The lowest BCUT2D eigenvalue weighted by molar-refractivity contribution is 0.276. The first-order chi connectivity index (χ1) is 10.8. The predicted octanol–water partition coefficient (Wildman–Crippen LogP) is 5.84. The lowest BCUT2D eigenvalue weighted by atomic mass is 10.0. The molecule has 23 heavy (non-hydrogen) atoms. The van der Waals surface area contributed by atoms with Gasteiger partial charge in [0.2, 0.25) is 0 Å². The summed E-state index contributed by atoms with van der Waals surface area (Å²) in [6, 6.07) is 15.2. The molecule has 0 N–H and O–H groups in total. The quantitative estimate of drug-likeness (QED) is 0.407. The van der Waals surface area contributed by atoms with E-state index in [0.29, 0.717) is 5.04 Å². The maximum atomic E-state index is 6.01. The van der Waals surface area contributed by atoms with E-state index in [4.69, 9.17) is 4.74 Å². The summed E-state index contributed by atoms with van der Waals surface area (Å²) in [4.78, 5) is 0. The van der Waals surface area contributed by atoms with Crippen molar-refractivity contribution >= 4 is 31.4 Å². The summed E-state index contributed by atoms with van der Waals surface area (Å²) < 4.78 is 7.31. The van der Waals surface area contributed by atoms with Crippen molar-refractivity contribution in [2.75, 3.05) is 6.61 Å². The van der Waals surface area contributed by atoms with Gasteiger partial charge in [0.25, 0.3) is 0 Å². The van der Waals surface area contributed by atoms with Crippen molar-refractivity contribution in [2.45, 2.75) is 45.3 Å². The summed E-state index contributed by atoms with van der Waals surface area (Å²) in [7, 11) is -0.714. The second-order valence-corrected chi connectivity index (χ2v) is 12.4. The Morgan fingerprint density at radius 1 is 1.04 bits per heavy atom. The Kier molecular flexibility index (Phi) is 6.31. The lowest BCUT2D eigenvalue weighted by Gasteiger charge is -2.28. The van der Waals surface area contributed by atoms with Crippen molar-refractivity contribution in [1.29, 1.82) is 0 Å². The average Bonchev–Trinajstić information content (AvgIpc) is 2.50. The van der Waals surface area contributed by atoms with E-state index in [1.54, 1.807) is 0 Å². The number of benzene rings is 2. The van der Waals surface area contributed by atoms with Crippen molar-refractivity contribution in [1.82, 2.24) is 0 Å². The van der Waals surface area contributed by atoms with Gasteiger partial charge in [-0.1, -0.05) is 45.1 Å². The van der Waals surface area contributed by atoms with E-state index in [2.05, 4.69) is 98.9 Å². The Labute approximate surface area is 156 Å². The first-order valence-electron chi connectivity index (χ1n) is 8.25. The van der Waals surface area contributed by atoms with Crippen LogP contribution in [-0.2, 0) is 6.42 Å². The largest absolute Gasteiger partial charge is 0.493 e. The van der Waals surface area contributed by atoms with Crippen molar-refractivity contribution in [2.24, 2.45) is 0 Å². The van der Waals surface area contributed by atoms with Gasteiger partial charge >= 0.3 is 0 Å². The molecule has 0 bridgehead atoms. The zero-order valence-electron chi connectivity index (χ0n) is 14.8. The van der Waals surface area contributed by atoms with Crippen molar-refractivity contribution in [3.63, 3.8) is 0 Å². The zero-order chi connectivity index (χ0) is 17.0. The highest BCUT2D eigenvalue weighted by molar-refractivity contribution is 14.1. The molecular weight excluding hydrogens is 411 g/mol. The van der Waals surface area contributed by atoms with Crippen LogP contribution in [-0.4, -0.2) is 15.4 Å². The Hall–Kier alpha value is -0.813. The standard InChI is InChI=1S/C20H27IOSi/c1-15-6-9-18(21)13-17(15)12-16-7-10-19(11-8-16)22-14-20(2,3)23(4)5/h6-11,13,23H,12,14H2,1-5H3. The maximum Gasteiger partial charge on any atom is 0.119 e. The minimum Gasteiger partial charge on any atom is -0.493 e. The minimum atomic E-state index is -0.714. The molecule has 0 unspecified atom stereocenters. The molecule has 0 saturated heterocycles. The van der Waals surface area contributed by atoms with Crippen LogP contribution < -0.4 is 4.74 Å². The Balaban J connectivity index is 2.01. The van der Waals surface area contributed by atoms with E-state index in [1.807, 2.05) is 0 Å². The monoisotopic (exact) mass is 438 g/mol. The number of hydrogen-bond acceptors (Lipinski definition) is 1. The van der Waals surface area contributed by atoms with Gasteiger partial charge in [0.05, 0.1) is 6.61 Å². The Morgan fingerprint density at radius 2 is 1.70 bits per heavy atom. The summed E-state index contributed by atoms with van der Waals surface area (Å²) >= 11 is 2.38. The second kappa shape index (κ2) is 7.84. The van der Waals surface area contributed by atoms with Crippen LogP contribution in [0.3, 0.4) is 0 Å². The number of aryl methyl sites for hydroxylation is 1. The molecule has 0 aromatic heterocycles. The van der Waals surface area contributed by atoms with Crippen LogP contribution in [0.4, 0.5) is 0 Å². The van der Waals surface area contributed by atoms with Crippen LogP contribution in [0, 0.1) is 10.5 Å². The van der Waals surface area contributed by atoms with Gasteiger partial charge in [0, 0.05) is 12.4 Å². The fourth-order valence-electron chi connectivity index (χ4n) is 2.19. The molecule has 3 heteroatoms. The molecule has 0 spiro atoms. The van der Waals surface area contributed by atoms with Gasteiger partial charge in [-0.25, -0.2) is 0 Å². The summed E-state index contributed by atoms with van der Waals surface area (Å²) in [5.74, 6) is 0.982. The molecule has 0 fully saturated rings. The summed E-state index contributed by atoms with van der Waals surface area (Å²) in [5.41, 5.74) is 4.09. The van der Waals surface area contributed by atoms with Gasteiger partial charge in [0.15, 0.2) is 0 Å². The van der Waals surface area contributed by atoms with Gasteiger partial charge in [-0.3, -0.25) is 0 Å². The third kappa shape index (κ3) is 5.35. The summed E-state index contributed by atoms with van der Waals surface area (Å²) in [6.07, 6.45) is 0.980. The van der Waals surface area contributed by atoms with Crippen LogP contribution in [0.2, 0.25) is 18.1 Å². The highest BCUT2D eigenvalue weighted by atomic mass is 127. The van der Waals surface area contributed by atoms with Crippen molar-refractivity contribution < 1.29 is 4.74 Å². The van der Waals surface area contributed by atoms with E-state index in [-0.39, 0.29) is 0 Å². The molecule has 0 aliphatic heterocycles. The molecule has 0 saturated carbocycles. The number of halogens is 1. The van der Waals surface area contributed by atoms with Crippen LogP contribution >= 0.6 is 22.6 Å². The zero-order valence-corrected chi connectivity index (χ0v) is 18.1. The maximum absolute atomic E-state index is 6.01.